The van der Waals surface area contributed by atoms with E-state index in [0.717, 1.165) is 0 Å². The number of unbranched alkanes of at least 4 members (excludes halogenated alkanes) is 4. The van der Waals surface area contributed by atoms with E-state index in [1.165, 1.54) is 43.4 Å². The third-order valence-corrected chi connectivity index (χ3v) is 3.49. The molecule has 0 aromatic carbocycles. The topological polar surface area (TPSA) is 0 Å². The monoisotopic (exact) mass is 268 g/mol. The van der Waals surface area contributed by atoms with Crippen LogP contribution in [0.5, 0.6) is 0 Å². The van der Waals surface area contributed by atoms with Crippen LogP contribution in [0.15, 0.2) is 41.8 Å². The van der Waals surface area contributed by atoms with Gasteiger partial charge in [-0.25, -0.2) is 0 Å². The lowest BCUT2D eigenvalue weighted by molar-refractivity contribution is 0.634. The molecule has 0 aliphatic heterocycles. The second-order valence-electron chi connectivity index (χ2n) is 4.01. The molecule has 1 rings (SSSR count). The molecule has 0 nitrogen and oxygen atoms in total. The summed E-state index contributed by atoms with van der Waals surface area (Å²) < 4.78 is 0. The molecule has 1 heterocycles. The van der Waals surface area contributed by atoms with Gasteiger partial charge in [0.15, 0.2) is 0 Å². The highest BCUT2D eigenvalue weighted by molar-refractivity contribution is 7.59. The smallest absolute Gasteiger partial charge is 0.00449 e. The molecule has 0 radical (unpaired) electrons. The minimum absolute atomic E-state index is 0. The lowest BCUT2D eigenvalue weighted by atomic mass is 10.1. The molecule has 0 atom stereocenters. The highest BCUT2D eigenvalue weighted by Crippen LogP contribution is 2.11. The summed E-state index contributed by atoms with van der Waals surface area (Å²) in [4.78, 5) is 1.48. The zero-order valence-electron chi connectivity index (χ0n) is 10.7. The van der Waals surface area contributed by atoms with E-state index in [0.29, 0.717) is 0 Å². The Hall–Kier alpha value is -0.470. The Balaban J connectivity index is 0.00000256. The Labute approximate surface area is 117 Å². The Morgan fingerprint density at radius 2 is 1.59 bits per heavy atom. The predicted octanol–water partition coefficient (Wildman–Crippen LogP) is 5.50. The maximum absolute atomic E-state index is 2.26. The summed E-state index contributed by atoms with van der Waals surface area (Å²) in [6.07, 6.45) is 8.03. The van der Waals surface area contributed by atoms with Crippen molar-refractivity contribution in [3.05, 3.63) is 46.7 Å². The molecule has 0 unspecified atom stereocenters. The van der Waals surface area contributed by atoms with Crippen molar-refractivity contribution in [3.63, 3.8) is 0 Å². The second kappa shape index (κ2) is 12.0. The molecule has 0 aliphatic rings. The van der Waals surface area contributed by atoms with Gasteiger partial charge in [-0.05, 0) is 24.3 Å². The number of rotatable bonds is 6. The van der Waals surface area contributed by atoms with Crippen molar-refractivity contribution in [2.45, 2.75) is 45.4 Å². The van der Waals surface area contributed by atoms with Crippen LogP contribution in [0.25, 0.3) is 0 Å². The van der Waals surface area contributed by atoms with Gasteiger partial charge in [-0.2, -0.15) is 13.5 Å². The van der Waals surface area contributed by atoms with Gasteiger partial charge in [0.25, 0.3) is 0 Å². The first kappa shape index (κ1) is 16.5. The molecule has 96 valence electrons. The molecule has 0 aliphatic carbocycles. The minimum atomic E-state index is 0. The van der Waals surface area contributed by atoms with Gasteiger partial charge in [-0.15, -0.1) is 11.3 Å². The zero-order chi connectivity index (χ0) is 11.5. The quantitative estimate of drug-likeness (QED) is 0.598. The van der Waals surface area contributed by atoms with E-state index in [9.17, 15) is 0 Å². The van der Waals surface area contributed by atoms with Gasteiger partial charge in [0.05, 0.1) is 0 Å². The largest absolute Gasteiger partial charge is 0.197 e. The van der Waals surface area contributed by atoms with Crippen molar-refractivity contribution in [1.82, 2.24) is 0 Å². The summed E-state index contributed by atoms with van der Waals surface area (Å²) in [7, 11) is 0. The fraction of sp³-hybridized carbons (Fsp3) is 0.467. The van der Waals surface area contributed by atoms with E-state index in [-0.39, 0.29) is 13.5 Å². The molecule has 0 N–H and O–H groups in total. The summed E-state index contributed by atoms with van der Waals surface area (Å²) in [5, 5.41) is 2.17. The van der Waals surface area contributed by atoms with Gasteiger partial charge < -0.3 is 0 Å². The van der Waals surface area contributed by atoms with Crippen LogP contribution in [0, 0.1) is 0 Å². The summed E-state index contributed by atoms with van der Waals surface area (Å²) >= 11 is 1.85. The van der Waals surface area contributed by atoms with Crippen molar-refractivity contribution < 1.29 is 0 Å². The Morgan fingerprint density at radius 3 is 2.41 bits per heavy atom. The van der Waals surface area contributed by atoms with Gasteiger partial charge in [0.1, 0.15) is 0 Å². The Bertz CT molecular complexity index is 292. The molecule has 0 amide bonds. The molecule has 0 spiro atoms. The highest BCUT2D eigenvalue weighted by atomic mass is 32.1. The first-order valence-corrected chi connectivity index (χ1v) is 7.17. The van der Waals surface area contributed by atoms with Gasteiger partial charge >= 0.3 is 0 Å². The van der Waals surface area contributed by atoms with E-state index in [1.807, 2.05) is 11.3 Å². The molecule has 1 aromatic heterocycles. The van der Waals surface area contributed by atoms with Crippen LogP contribution < -0.4 is 0 Å². The molecule has 17 heavy (non-hydrogen) atoms. The fourth-order valence-corrected chi connectivity index (χ4v) is 2.38. The van der Waals surface area contributed by atoms with Crippen LogP contribution in [0.4, 0.5) is 0 Å². The SMILES string of the molecule is CCCCCCCc1cccccccs1.S. The van der Waals surface area contributed by atoms with Crippen molar-refractivity contribution in [1.29, 1.82) is 0 Å². The summed E-state index contributed by atoms with van der Waals surface area (Å²) in [6, 6.07) is 12.7. The Morgan fingerprint density at radius 1 is 0.882 bits per heavy atom. The zero-order valence-corrected chi connectivity index (χ0v) is 12.5. The Kier molecular flexibility index (Phi) is 11.7. The molecule has 0 saturated carbocycles. The summed E-state index contributed by atoms with van der Waals surface area (Å²) in [6.45, 7) is 2.26. The second-order valence-corrected chi connectivity index (χ2v) is 5.05. The first-order chi connectivity index (χ1) is 7.93. The predicted molar refractivity (Wildman–Crippen MR) is 84.8 cm³/mol. The normalized spacial score (nSPS) is 9.24. The van der Waals surface area contributed by atoms with Crippen LogP contribution in [0.2, 0.25) is 0 Å². The van der Waals surface area contributed by atoms with Crippen molar-refractivity contribution >= 4 is 24.8 Å². The van der Waals surface area contributed by atoms with E-state index >= 15 is 0 Å². The van der Waals surface area contributed by atoms with Gasteiger partial charge in [0.2, 0.25) is 0 Å². The number of hydrogen-bond donors (Lipinski definition) is 0. The average molecular weight is 268 g/mol. The lowest BCUT2D eigenvalue weighted by Gasteiger charge is -1.98. The third kappa shape index (κ3) is 9.25. The molecular formula is C15H24S2. The van der Waals surface area contributed by atoms with Crippen LogP contribution in [-0.2, 0) is 6.42 Å². The molecule has 0 fully saturated rings. The van der Waals surface area contributed by atoms with E-state index < -0.39 is 0 Å². The molecule has 2 heteroatoms. The van der Waals surface area contributed by atoms with Crippen LogP contribution in [0.1, 0.15) is 43.9 Å². The third-order valence-electron chi connectivity index (χ3n) is 2.55. The van der Waals surface area contributed by atoms with Gasteiger partial charge in [-0.1, -0.05) is 62.9 Å². The van der Waals surface area contributed by atoms with Crippen LogP contribution in [0.3, 0.4) is 0 Å². The number of aryl methyl sites for hydroxylation is 1. The summed E-state index contributed by atoms with van der Waals surface area (Å²) in [5.74, 6) is 0. The minimum Gasteiger partial charge on any atom is -0.197 e. The summed E-state index contributed by atoms with van der Waals surface area (Å²) in [5.41, 5.74) is 0. The standard InChI is InChI=1S/C15H22S.H2S/c1-2-3-4-6-9-12-15-13-10-7-5-8-11-14-16-15;/h5,7-8,10-11,13-14H,2-4,6,9,12H2,1H3;1H2. The van der Waals surface area contributed by atoms with Gasteiger partial charge in [-0.3, -0.25) is 0 Å². The van der Waals surface area contributed by atoms with Crippen molar-refractivity contribution in [3.8, 4) is 0 Å². The lowest BCUT2D eigenvalue weighted by Crippen LogP contribution is -1.82. The molecule has 0 bridgehead atoms. The molecular weight excluding hydrogens is 244 g/mol. The molecule has 1 aromatic rings. The maximum Gasteiger partial charge on any atom is 0.00449 e. The van der Waals surface area contributed by atoms with Crippen molar-refractivity contribution in [2.75, 3.05) is 0 Å². The van der Waals surface area contributed by atoms with E-state index in [2.05, 4.69) is 48.7 Å². The van der Waals surface area contributed by atoms with E-state index in [4.69, 9.17) is 0 Å². The molecule has 0 saturated heterocycles. The first-order valence-electron chi connectivity index (χ1n) is 6.29. The van der Waals surface area contributed by atoms with Crippen molar-refractivity contribution in [2.24, 2.45) is 0 Å². The highest BCUT2D eigenvalue weighted by Gasteiger charge is 1.91. The van der Waals surface area contributed by atoms with Gasteiger partial charge in [0, 0.05) is 4.88 Å². The number of hydrogen-bond acceptors (Lipinski definition) is 1. The van der Waals surface area contributed by atoms with Crippen LogP contribution >= 0.6 is 24.8 Å². The van der Waals surface area contributed by atoms with E-state index in [1.54, 1.807) is 0 Å². The fourth-order valence-electron chi connectivity index (χ4n) is 1.61. The maximum atomic E-state index is 2.26. The van der Waals surface area contributed by atoms with Crippen LogP contribution in [-0.4, -0.2) is 0 Å². The average Bonchev–Trinajstić information content (AvgIpc) is 2.42.